The van der Waals surface area contributed by atoms with Crippen LogP contribution in [0.15, 0.2) is 279 Å². The van der Waals surface area contributed by atoms with E-state index in [2.05, 4.69) is 297 Å². The molecule has 0 atom stereocenters. The minimum Gasteiger partial charge on any atom is -0.309 e. The third-order valence-corrected chi connectivity index (χ3v) is 20.7. The number of benzene rings is 12. The third kappa shape index (κ3) is 7.28. The molecule has 12 aromatic carbocycles. The summed E-state index contributed by atoms with van der Waals surface area (Å²) >= 11 is 3.68. The highest BCUT2D eigenvalue weighted by molar-refractivity contribution is 7.26. The summed E-state index contributed by atoms with van der Waals surface area (Å²) in [5, 5.41) is 14.2. The lowest BCUT2D eigenvalue weighted by molar-refractivity contribution is 0.892. The van der Waals surface area contributed by atoms with Crippen LogP contribution in [0.5, 0.6) is 0 Å². The van der Waals surface area contributed by atoms with Gasteiger partial charge in [0.15, 0.2) is 5.82 Å². The Morgan fingerprint density at radius 1 is 0.211 bits per heavy atom. The Kier molecular flexibility index (Phi) is 10.4. The summed E-state index contributed by atoms with van der Waals surface area (Å²) in [6, 6.07) is 101. The zero-order valence-electron chi connectivity index (χ0n) is 48.0. The van der Waals surface area contributed by atoms with Gasteiger partial charge in [0.25, 0.3) is 0 Å². The van der Waals surface area contributed by atoms with Gasteiger partial charge in [0.2, 0.25) is 11.9 Å². The average molecular weight is 1180 g/mol. The van der Waals surface area contributed by atoms with Crippen LogP contribution in [0, 0.1) is 0 Å². The summed E-state index contributed by atoms with van der Waals surface area (Å²) in [5.41, 5.74) is 15.3. The molecule has 0 amide bonds. The van der Waals surface area contributed by atoms with E-state index in [-0.39, 0.29) is 0 Å². The summed E-state index contributed by atoms with van der Waals surface area (Å²) in [6.07, 6.45) is 0. The Labute approximate surface area is 521 Å². The topological polar surface area (TPSA) is 71.3 Å². The van der Waals surface area contributed by atoms with Gasteiger partial charge in [-0.25, -0.2) is 4.98 Å². The lowest BCUT2D eigenvalue weighted by atomic mass is 10.0. The quantitative estimate of drug-likeness (QED) is 0.159. The summed E-state index contributed by atoms with van der Waals surface area (Å²) in [5.74, 6) is 1.64. The van der Waals surface area contributed by atoms with E-state index in [0.29, 0.717) is 17.7 Å². The molecule has 8 aromatic heterocycles. The first kappa shape index (κ1) is 49.5. The minimum atomic E-state index is 0.537. The van der Waals surface area contributed by atoms with Crippen molar-refractivity contribution in [2.45, 2.75) is 0 Å². The smallest absolute Gasteiger partial charge is 0.240 e. The largest absolute Gasteiger partial charge is 0.309 e. The van der Waals surface area contributed by atoms with Gasteiger partial charge in [0.05, 0.1) is 61.2 Å². The second kappa shape index (κ2) is 19.0. The van der Waals surface area contributed by atoms with Crippen molar-refractivity contribution < 1.29 is 0 Å². The van der Waals surface area contributed by atoms with E-state index in [1.807, 2.05) is 22.7 Å². The molecule has 0 aliphatic carbocycles. The van der Waals surface area contributed by atoms with E-state index in [4.69, 9.17) is 19.9 Å². The zero-order valence-corrected chi connectivity index (χ0v) is 49.6. The SMILES string of the molecule is c1cc(-c2nc(-n3c4ccccc4c4ccccc43)nc(-n3c4ccccc4c4ccccc43)n2)cc(-n2c3ccccc3c3cc4c5ccccc5n(-c5cc(-c6ccc7sc8ccccc8c7c6)nc(-c6ccc7sc8ccccc8c7c6)c5)c4cc32)c1. The maximum Gasteiger partial charge on any atom is 0.240 e. The van der Waals surface area contributed by atoms with E-state index < -0.39 is 0 Å². The number of fused-ring (bicyclic) bond motifs is 18. The van der Waals surface area contributed by atoms with Crippen LogP contribution >= 0.6 is 22.7 Å². The average Bonchev–Trinajstić information content (AvgIpc) is 1.58. The van der Waals surface area contributed by atoms with Crippen LogP contribution in [0.1, 0.15) is 0 Å². The lowest BCUT2D eigenvalue weighted by Crippen LogP contribution is -2.10. The van der Waals surface area contributed by atoms with Crippen molar-refractivity contribution in [3.05, 3.63) is 279 Å². The summed E-state index contributed by atoms with van der Waals surface area (Å²) in [7, 11) is 0. The van der Waals surface area contributed by atoms with Gasteiger partial charge in [-0.3, -0.25) is 9.13 Å². The first-order chi connectivity index (χ1) is 44.6. The Morgan fingerprint density at radius 3 is 1.04 bits per heavy atom. The summed E-state index contributed by atoms with van der Waals surface area (Å²) in [4.78, 5) is 22.1. The second-order valence-corrected chi connectivity index (χ2v) is 25.5. The molecule has 20 rings (SSSR count). The fraction of sp³-hybridized carbons (Fsp3) is 0. The molecule has 0 saturated carbocycles. The zero-order chi connectivity index (χ0) is 58.7. The van der Waals surface area contributed by atoms with Crippen molar-refractivity contribution in [2.24, 2.45) is 0 Å². The van der Waals surface area contributed by atoms with Crippen LogP contribution < -0.4 is 0 Å². The fourth-order valence-electron chi connectivity index (χ4n) is 14.4. The Morgan fingerprint density at radius 2 is 0.589 bits per heavy atom. The van der Waals surface area contributed by atoms with Gasteiger partial charge in [-0.2, -0.15) is 15.0 Å². The molecule has 0 fully saturated rings. The highest BCUT2D eigenvalue weighted by atomic mass is 32.1. The maximum atomic E-state index is 5.62. The van der Waals surface area contributed by atoms with Crippen molar-refractivity contribution in [2.75, 3.05) is 0 Å². The number of nitrogens with zero attached hydrogens (tertiary/aromatic N) is 8. The fourth-order valence-corrected chi connectivity index (χ4v) is 16.6. The van der Waals surface area contributed by atoms with Gasteiger partial charge in [-0.05, 0) is 109 Å². The molecule has 0 saturated heterocycles. The molecule has 0 aliphatic heterocycles. The standard InChI is InChI=1S/C80H46N8S2/c1-11-30-68-52(20-1)53-21-2-12-31-69(53)87(68)79-82-78(83-80(84-79)88-70-32-13-3-22-54(70)55-23-4-14-33-71(55)88)49-18-17-19-50(40-49)85-66-28-9-5-24-56(66)60-45-61-57-25-6-10-29-67(57)86(73(61)46-72(60)85)51-43-64(47-36-38-76-62(41-47)58-26-7-15-34-74(58)89-76)81-65(44-51)48-37-39-77-63(42-48)59-27-8-16-35-75(59)90-77/h1-46H. The third-order valence-electron chi connectivity index (χ3n) is 18.4. The highest BCUT2D eigenvalue weighted by Gasteiger charge is 2.24. The molecular weight excluding hydrogens is 1140 g/mol. The van der Waals surface area contributed by atoms with Crippen molar-refractivity contribution in [3.8, 4) is 57.2 Å². The maximum absolute atomic E-state index is 5.62. The molecule has 0 radical (unpaired) electrons. The Bertz CT molecular complexity index is 6080. The van der Waals surface area contributed by atoms with Crippen LogP contribution in [0.25, 0.3) is 185 Å². The molecule has 0 spiro atoms. The van der Waals surface area contributed by atoms with Crippen molar-refractivity contribution in [1.82, 2.24) is 38.2 Å². The molecule has 20 aromatic rings. The van der Waals surface area contributed by atoms with E-state index in [1.54, 1.807) is 0 Å². The van der Waals surface area contributed by atoms with Gasteiger partial charge >= 0.3 is 0 Å². The molecular formula is C80H46N8S2. The first-order valence-corrected chi connectivity index (χ1v) is 31.9. The van der Waals surface area contributed by atoms with Gasteiger partial charge in [-0.15, -0.1) is 22.7 Å². The lowest BCUT2D eigenvalue weighted by Gasteiger charge is -2.14. The van der Waals surface area contributed by atoms with Gasteiger partial charge in [0.1, 0.15) is 0 Å². The number of para-hydroxylation sites is 6. The van der Waals surface area contributed by atoms with Crippen LogP contribution in [0.3, 0.4) is 0 Å². The first-order valence-electron chi connectivity index (χ1n) is 30.3. The number of hydrogen-bond acceptors (Lipinski definition) is 6. The van der Waals surface area contributed by atoms with Crippen LogP contribution in [-0.4, -0.2) is 38.2 Å². The van der Waals surface area contributed by atoms with Crippen LogP contribution in [0.4, 0.5) is 0 Å². The highest BCUT2D eigenvalue weighted by Crippen LogP contribution is 2.44. The Hall–Kier alpha value is -11.6. The van der Waals surface area contributed by atoms with E-state index in [9.17, 15) is 0 Å². The number of pyridine rings is 1. The molecule has 0 bridgehead atoms. The van der Waals surface area contributed by atoms with Gasteiger partial charge in [-0.1, -0.05) is 170 Å². The number of rotatable bonds is 7. The molecule has 10 heteroatoms. The predicted molar refractivity (Wildman–Crippen MR) is 377 cm³/mol. The molecule has 8 heterocycles. The molecule has 0 unspecified atom stereocenters. The summed E-state index contributed by atoms with van der Waals surface area (Å²) < 4.78 is 14.4. The minimum absolute atomic E-state index is 0.537. The monoisotopic (exact) mass is 1180 g/mol. The van der Waals surface area contributed by atoms with Gasteiger partial charge in [0, 0.05) is 106 Å². The number of thiophene rings is 2. The van der Waals surface area contributed by atoms with Crippen LogP contribution in [0.2, 0.25) is 0 Å². The van der Waals surface area contributed by atoms with E-state index >= 15 is 0 Å². The predicted octanol–water partition coefficient (Wildman–Crippen LogP) is 21.4. The normalized spacial score (nSPS) is 12.2. The van der Waals surface area contributed by atoms with E-state index in [0.717, 1.165) is 111 Å². The van der Waals surface area contributed by atoms with Crippen molar-refractivity contribution >= 4 is 150 Å². The molecule has 8 nitrogen and oxygen atoms in total. The van der Waals surface area contributed by atoms with Crippen molar-refractivity contribution in [3.63, 3.8) is 0 Å². The summed E-state index contributed by atoms with van der Waals surface area (Å²) in [6.45, 7) is 0. The van der Waals surface area contributed by atoms with Crippen molar-refractivity contribution in [1.29, 1.82) is 0 Å². The van der Waals surface area contributed by atoms with Gasteiger partial charge < -0.3 is 9.13 Å². The second-order valence-electron chi connectivity index (χ2n) is 23.4. The Balaban J connectivity index is 0.815. The molecule has 90 heavy (non-hydrogen) atoms. The molecule has 0 aliphatic rings. The van der Waals surface area contributed by atoms with E-state index in [1.165, 1.54) is 56.5 Å². The van der Waals surface area contributed by atoms with Crippen LogP contribution in [-0.2, 0) is 0 Å². The number of aromatic nitrogens is 8. The molecule has 418 valence electrons. The molecule has 0 N–H and O–H groups in total. The number of hydrogen-bond donors (Lipinski definition) is 0.